The van der Waals surface area contributed by atoms with Crippen molar-refractivity contribution in [1.82, 2.24) is 24.7 Å². The average molecular weight is 424 g/mol. The summed E-state index contributed by atoms with van der Waals surface area (Å²) in [5, 5.41) is 0. The molecule has 0 saturated carbocycles. The van der Waals surface area contributed by atoms with Gasteiger partial charge in [-0.25, -0.2) is 4.98 Å². The van der Waals surface area contributed by atoms with E-state index < -0.39 is 0 Å². The normalized spacial score (nSPS) is 14.8. The van der Waals surface area contributed by atoms with Crippen LogP contribution in [-0.4, -0.2) is 77.0 Å². The van der Waals surface area contributed by atoms with E-state index in [-0.39, 0.29) is 5.91 Å². The molecule has 3 heterocycles. The lowest BCUT2D eigenvalue weighted by Gasteiger charge is -2.34. The van der Waals surface area contributed by atoms with Gasteiger partial charge in [-0.3, -0.25) is 14.6 Å². The molecule has 2 aromatic heterocycles. The van der Waals surface area contributed by atoms with Crippen molar-refractivity contribution in [2.24, 2.45) is 0 Å². The predicted molar refractivity (Wildman–Crippen MR) is 117 cm³/mol. The number of imidazole rings is 1. The van der Waals surface area contributed by atoms with Crippen LogP contribution in [0.4, 0.5) is 0 Å². The maximum atomic E-state index is 12.3. The van der Waals surface area contributed by atoms with Gasteiger partial charge in [-0.15, -0.1) is 0 Å². The maximum Gasteiger partial charge on any atom is 0.289 e. The molecule has 1 aliphatic rings. The minimum atomic E-state index is -0.0327. The number of nitrogens with one attached hydrogen (secondary N) is 1. The van der Waals surface area contributed by atoms with Gasteiger partial charge in [0.1, 0.15) is 18.2 Å². The first kappa shape index (κ1) is 21.1. The first-order valence-electron chi connectivity index (χ1n) is 10.6. The molecule has 0 unspecified atom stereocenters. The Labute approximate surface area is 182 Å². The molecular weight excluding hydrogens is 394 g/mol. The number of benzene rings is 1. The summed E-state index contributed by atoms with van der Waals surface area (Å²) in [6.07, 6.45) is 5.15. The van der Waals surface area contributed by atoms with E-state index in [4.69, 9.17) is 9.15 Å². The van der Waals surface area contributed by atoms with Crippen molar-refractivity contribution >= 4 is 5.91 Å². The first-order chi connectivity index (χ1) is 15.2. The monoisotopic (exact) mass is 423 g/mol. The molecule has 164 valence electrons. The molecule has 1 amide bonds. The summed E-state index contributed by atoms with van der Waals surface area (Å²) < 4.78 is 11.2. The van der Waals surface area contributed by atoms with Crippen LogP contribution < -0.4 is 4.74 Å². The highest BCUT2D eigenvalue weighted by molar-refractivity contribution is 5.91. The lowest BCUT2D eigenvalue weighted by Crippen LogP contribution is -2.49. The lowest BCUT2D eigenvalue weighted by molar-refractivity contribution is 0.0590. The smallest absolute Gasteiger partial charge is 0.289 e. The van der Waals surface area contributed by atoms with Crippen LogP contribution in [0.3, 0.4) is 0 Å². The van der Waals surface area contributed by atoms with Gasteiger partial charge >= 0.3 is 0 Å². The third-order valence-corrected chi connectivity index (χ3v) is 5.39. The van der Waals surface area contributed by atoms with Gasteiger partial charge in [0.05, 0.1) is 12.8 Å². The van der Waals surface area contributed by atoms with Crippen molar-refractivity contribution in [3.63, 3.8) is 0 Å². The summed E-state index contributed by atoms with van der Waals surface area (Å²) in [7, 11) is 2.08. The molecule has 0 bridgehead atoms. The number of H-pyrrole nitrogens is 1. The second-order valence-corrected chi connectivity index (χ2v) is 7.82. The Morgan fingerprint density at radius 2 is 2.06 bits per heavy atom. The topological polar surface area (TPSA) is 77.8 Å². The molecule has 0 atom stereocenters. The van der Waals surface area contributed by atoms with Gasteiger partial charge in [0, 0.05) is 51.7 Å². The second-order valence-electron chi connectivity index (χ2n) is 7.82. The second kappa shape index (κ2) is 10.3. The van der Waals surface area contributed by atoms with Crippen molar-refractivity contribution in [3.8, 4) is 5.75 Å². The number of carbonyl (C=O) groups is 1. The van der Waals surface area contributed by atoms with E-state index in [1.54, 1.807) is 18.3 Å². The van der Waals surface area contributed by atoms with Crippen LogP contribution in [0.25, 0.3) is 0 Å². The molecule has 1 aliphatic heterocycles. The summed E-state index contributed by atoms with van der Waals surface area (Å²) >= 11 is 0. The molecule has 31 heavy (non-hydrogen) atoms. The summed E-state index contributed by atoms with van der Waals surface area (Å²) in [5.41, 5.74) is 1.21. The molecule has 1 saturated heterocycles. The van der Waals surface area contributed by atoms with Crippen molar-refractivity contribution < 1.29 is 13.9 Å². The minimum Gasteiger partial charge on any atom is -0.492 e. The van der Waals surface area contributed by atoms with E-state index in [0.717, 1.165) is 44.3 Å². The van der Waals surface area contributed by atoms with Gasteiger partial charge in [0.2, 0.25) is 0 Å². The SMILES string of the molecule is CN(Cc1cccc(OCCN2CCN(C(=O)c3ccco3)CC2)c1)Cc1ncc[nH]1. The Kier molecular flexibility index (Phi) is 7.01. The summed E-state index contributed by atoms with van der Waals surface area (Å²) in [6.45, 7) is 6.15. The van der Waals surface area contributed by atoms with Gasteiger partial charge in [-0.2, -0.15) is 0 Å². The number of hydrogen-bond donors (Lipinski definition) is 1. The van der Waals surface area contributed by atoms with Crippen molar-refractivity contribution in [2.75, 3.05) is 46.4 Å². The van der Waals surface area contributed by atoms with E-state index in [9.17, 15) is 4.79 Å². The number of furan rings is 1. The fraction of sp³-hybridized carbons (Fsp3) is 0.391. The van der Waals surface area contributed by atoms with Crippen LogP contribution in [0.5, 0.6) is 5.75 Å². The molecule has 4 rings (SSSR count). The van der Waals surface area contributed by atoms with Gasteiger partial charge in [0.25, 0.3) is 5.91 Å². The molecule has 8 nitrogen and oxygen atoms in total. The van der Waals surface area contributed by atoms with Crippen LogP contribution in [0.15, 0.2) is 59.5 Å². The van der Waals surface area contributed by atoms with Crippen LogP contribution in [0.1, 0.15) is 21.9 Å². The molecule has 1 aromatic carbocycles. The Hall–Kier alpha value is -3.10. The number of amides is 1. The molecule has 1 fully saturated rings. The van der Waals surface area contributed by atoms with Gasteiger partial charge < -0.3 is 19.0 Å². The molecule has 8 heteroatoms. The Balaban J connectivity index is 1.18. The molecule has 0 spiro atoms. The van der Waals surface area contributed by atoms with E-state index in [0.29, 0.717) is 25.5 Å². The fourth-order valence-corrected chi connectivity index (χ4v) is 3.76. The minimum absolute atomic E-state index is 0.0327. The van der Waals surface area contributed by atoms with E-state index in [2.05, 4.69) is 38.9 Å². The summed E-state index contributed by atoms with van der Waals surface area (Å²) in [6, 6.07) is 11.7. The number of ether oxygens (including phenoxy) is 1. The molecule has 3 aromatic rings. The number of nitrogens with zero attached hydrogens (tertiary/aromatic N) is 4. The quantitative estimate of drug-likeness (QED) is 0.570. The standard InChI is InChI=1S/C23H29N5O3/c1-26(18-22-24-7-8-25-22)17-19-4-2-5-20(16-19)30-15-13-27-9-11-28(12-10-27)23(29)21-6-3-14-31-21/h2-8,14,16H,9-13,15,17-18H2,1H3,(H,24,25). The highest BCUT2D eigenvalue weighted by Gasteiger charge is 2.23. The Morgan fingerprint density at radius 1 is 1.19 bits per heavy atom. The molecule has 1 N–H and O–H groups in total. The Morgan fingerprint density at radius 3 is 2.81 bits per heavy atom. The zero-order valence-corrected chi connectivity index (χ0v) is 17.9. The largest absolute Gasteiger partial charge is 0.492 e. The number of aromatic amines is 1. The number of piperazine rings is 1. The van der Waals surface area contributed by atoms with Crippen LogP contribution in [0, 0.1) is 0 Å². The number of aromatic nitrogens is 2. The van der Waals surface area contributed by atoms with Gasteiger partial charge in [0.15, 0.2) is 5.76 Å². The van der Waals surface area contributed by atoms with Gasteiger partial charge in [-0.1, -0.05) is 12.1 Å². The Bertz CT molecular complexity index is 934. The van der Waals surface area contributed by atoms with Crippen molar-refractivity contribution in [3.05, 3.63) is 72.2 Å². The van der Waals surface area contributed by atoms with E-state index in [1.807, 2.05) is 23.2 Å². The van der Waals surface area contributed by atoms with E-state index >= 15 is 0 Å². The molecular formula is C23H29N5O3. The van der Waals surface area contributed by atoms with Crippen molar-refractivity contribution in [1.29, 1.82) is 0 Å². The number of carbonyl (C=O) groups excluding carboxylic acids is 1. The van der Waals surface area contributed by atoms with Crippen molar-refractivity contribution in [2.45, 2.75) is 13.1 Å². The first-order valence-corrected chi connectivity index (χ1v) is 10.6. The zero-order chi connectivity index (χ0) is 21.5. The number of rotatable bonds is 9. The highest BCUT2D eigenvalue weighted by Crippen LogP contribution is 2.16. The maximum absolute atomic E-state index is 12.3. The van der Waals surface area contributed by atoms with Crippen LogP contribution >= 0.6 is 0 Å². The average Bonchev–Trinajstić information content (AvgIpc) is 3.48. The highest BCUT2D eigenvalue weighted by atomic mass is 16.5. The third kappa shape index (κ3) is 5.96. The molecule has 0 aliphatic carbocycles. The lowest BCUT2D eigenvalue weighted by atomic mass is 10.2. The zero-order valence-electron chi connectivity index (χ0n) is 17.9. The molecule has 0 radical (unpaired) electrons. The van der Waals surface area contributed by atoms with Gasteiger partial charge in [-0.05, 0) is 36.9 Å². The third-order valence-electron chi connectivity index (χ3n) is 5.39. The summed E-state index contributed by atoms with van der Waals surface area (Å²) in [5.74, 6) is 2.22. The predicted octanol–water partition coefficient (Wildman–Crippen LogP) is 2.47. The fourth-order valence-electron chi connectivity index (χ4n) is 3.76. The number of hydrogen-bond acceptors (Lipinski definition) is 6. The van der Waals surface area contributed by atoms with Crippen LogP contribution in [0.2, 0.25) is 0 Å². The summed E-state index contributed by atoms with van der Waals surface area (Å²) in [4.78, 5) is 26.1. The van der Waals surface area contributed by atoms with Crippen LogP contribution in [-0.2, 0) is 13.1 Å². The van der Waals surface area contributed by atoms with E-state index in [1.165, 1.54) is 11.8 Å².